The van der Waals surface area contributed by atoms with Crippen LogP contribution < -0.4 is 0 Å². The van der Waals surface area contributed by atoms with Crippen LogP contribution >= 0.6 is 0 Å². The van der Waals surface area contributed by atoms with E-state index in [1.807, 2.05) is 30.6 Å². The van der Waals surface area contributed by atoms with Crippen LogP contribution in [0.15, 0.2) is 0 Å². The van der Waals surface area contributed by atoms with E-state index in [0.29, 0.717) is 25.6 Å². The lowest BCUT2D eigenvalue weighted by atomic mass is 9.95. The van der Waals surface area contributed by atoms with Gasteiger partial charge in [-0.1, -0.05) is 0 Å². The first-order valence-electron chi connectivity index (χ1n) is 8.75. The summed E-state index contributed by atoms with van der Waals surface area (Å²) in [4.78, 5) is 28.5. The van der Waals surface area contributed by atoms with Crippen molar-refractivity contribution in [2.24, 2.45) is 11.8 Å². The van der Waals surface area contributed by atoms with Crippen molar-refractivity contribution in [3.63, 3.8) is 0 Å². The summed E-state index contributed by atoms with van der Waals surface area (Å²) >= 11 is 0. The second-order valence-corrected chi connectivity index (χ2v) is 6.53. The average molecular weight is 310 g/mol. The minimum atomic E-state index is -0.351. The average Bonchev–Trinajstić information content (AvgIpc) is 3.37. The Kier molecular flexibility index (Phi) is 6.24. The molecule has 0 radical (unpaired) electrons. The molecule has 2 amide bonds. The molecule has 1 heterocycles. The molecule has 0 aromatic rings. The summed E-state index contributed by atoms with van der Waals surface area (Å²) in [6, 6.07) is 0. The lowest BCUT2D eigenvalue weighted by Gasteiger charge is -2.34. The number of ether oxygens (including phenoxy) is 1. The van der Waals surface area contributed by atoms with Crippen LogP contribution in [-0.4, -0.2) is 60.5 Å². The zero-order chi connectivity index (χ0) is 16.1. The number of amides is 2. The van der Waals surface area contributed by atoms with Crippen molar-refractivity contribution in [3.8, 4) is 0 Å². The van der Waals surface area contributed by atoms with E-state index in [4.69, 9.17) is 4.74 Å². The molecule has 1 saturated heterocycles. The van der Waals surface area contributed by atoms with E-state index in [-0.39, 0.29) is 23.8 Å². The molecule has 0 aromatic heterocycles. The zero-order valence-electron chi connectivity index (χ0n) is 14.2. The summed E-state index contributed by atoms with van der Waals surface area (Å²) < 4.78 is 5.66. The Balaban J connectivity index is 1.75. The topological polar surface area (TPSA) is 49.9 Å². The maximum atomic E-state index is 12.4. The lowest BCUT2D eigenvalue weighted by Crippen LogP contribution is -2.47. The number of rotatable bonds is 7. The Morgan fingerprint density at radius 2 is 1.73 bits per heavy atom. The maximum Gasteiger partial charge on any atom is 0.251 e. The summed E-state index contributed by atoms with van der Waals surface area (Å²) in [5, 5.41) is 0. The van der Waals surface area contributed by atoms with Gasteiger partial charge in [0.05, 0.1) is 6.61 Å². The predicted octanol–water partition coefficient (Wildman–Crippen LogP) is 1.91. The number of piperidine rings is 1. The molecule has 1 atom stereocenters. The molecule has 1 saturated carbocycles. The number of hydrogen-bond donors (Lipinski definition) is 0. The molecule has 2 aliphatic rings. The largest absolute Gasteiger partial charge is 0.368 e. The molecule has 0 spiro atoms. The fourth-order valence-electron chi connectivity index (χ4n) is 3.03. The van der Waals surface area contributed by atoms with Gasteiger partial charge in [-0.15, -0.1) is 0 Å². The second kappa shape index (κ2) is 7.95. The number of carbonyl (C=O) groups is 2. The second-order valence-electron chi connectivity index (χ2n) is 6.53. The van der Waals surface area contributed by atoms with E-state index in [1.165, 1.54) is 12.8 Å². The van der Waals surface area contributed by atoms with E-state index in [1.54, 1.807) is 0 Å². The summed E-state index contributed by atoms with van der Waals surface area (Å²) in [6.07, 6.45) is 3.67. The number of likely N-dealkylation sites (tertiary alicyclic amines) is 1. The fourth-order valence-corrected chi connectivity index (χ4v) is 3.03. The van der Waals surface area contributed by atoms with Gasteiger partial charge in [0.15, 0.2) is 0 Å². The maximum absolute atomic E-state index is 12.4. The Morgan fingerprint density at radius 1 is 1.14 bits per heavy atom. The van der Waals surface area contributed by atoms with Crippen LogP contribution in [0, 0.1) is 11.8 Å². The number of nitrogens with zero attached hydrogens (tertiary/aromatic N) is 2. The summed E-state index contributed by atoms with van der Waals surface area (Å²) in [6.45, 7) is 9.46. The molecular formula is C17H30N2O3. The molecule has 2 fully saturated rings. The molecule has 2 rings (SSSR count). The highest BCUT2D eigenvalue weighted by atomic mass is 16.5. The predicted molar refractivity (Wildman–Crippen MR) is 85.4 cm³/mol. The monoisotopic (exact) mass is 310 g/mol. The molecule has 22 heavy (non-hydrogen) atoms. The zero-order valence-corrected chi connectivity index (χ0v) is 14.2. The van der Waals surface area contributed by atoms with Crippen molar-refractivity contribution in [1.29, 1.82) is 0 Å². The highest BCUT2D eigenvalue weighted by Crippen LogP contribution is 2.29. The SMILES string of the molecule is CCN(CC)C(=O)C1CCN(C(=O)[C@H](C)OCC2CC2)CC1. The van der Waals surface area contributed by atoms with Crippen LogP contribution in [0.4, 0.5) is 0 Å². The Hall–Kier alpha value is -1.10. The third kappa shape index (κ3) is 4.45. The van der Waals surface area contributed by atoms with Gasteiger partial charge in [0.2, 0.25) is 5.91 Å². The Labute approximate surface area is 134 Å². The standard InChI is InChI=1S/C17H30N2O3/c1-4-18(5-2)17(21)15-8-10-19(11-9-15)16(20)13(3)22-12-14-6-7-14/h13-15H,4-12H2,1-3H3/t13-/m0/s1. The van der Waals surface area contributed by atoms with Gasteiger partial charge in [0.25, 0.3) is 5.91 Å². The molecule has 126 valence electrons. The minimum absolute atomic E-state index is 0.0756. The lowest BCUT2D eigenvalue weighted by molar-refractivity contribution is -0.147. The Bertz CT molecular complexity index is 383. The summed E-state index contributed by atoms with van der Waals surface area (Å²) in [5.41, 5.74) is 0. The first-order valence-corrected chi connectivity index (χ1v) is 8.75. The smallest absolute Gasteiger partial charge is 0.251 e. The highest BCUT2D eigenvalue weighted by Gasteiger charge is 2.31. The van der Waals surface area contributed by atoms with Crippen LogP contribution in [0.2, 0.25) is 0 Å². The van der Waals surface area contributed by atoms with Crippen molar-refractivity contribution < 1.29 is 14.3 Å². The minimum Gasteiger partial charge on any atom is -0.368 e. The molecule has 0 bridgehead atoms. The van der Waals surface area contributed by atoms with Gasteiger partial charge in [0.1, 0.15) is 6.10 Å². The van der Waals surface area contributed by atoms with Crippen molar-refractivity contribution in [1.82, 2.24) is 9.80 Å². The quantitative estimate of drug-likeness (QED) is 0.722. The molecule has 5 nitrogen and oxygen atoms in total. The van der Waals surface area contributed by atoms with Gasteiger partial charge in [-0.3, -0.25) is 9.59 Å². The van der Waals surface area contributed by atoms with E-state index in [0.717, 1.165) is 25.9 Å². The first kappa shape index (κ1) is 17.3. The molecule has 0 unspecified atom stereocenters. The van der Waals surface area contributed by atoms with Crippen LogP contribution in [0.1, 0.15) is 46.5 Å². The molecule has 0 N–H and O–H groups in total. The van der Waals surface area contributed by atoms with Gasteiger partial charge < -0.3 is 14.5 Å². The van der Waals surface area contributed by atoms with E-state index in [9.17, 15) is 9.59 Å². The normalized spacial score (nSPS) is 20.8. The Morgan fingerprint density at radius 3 is 2.23 bits per heavy atom. The first-order chi connectivity index (χ1) is 10.6. The van der Waals surface area contributed by atoms with Gasteiger partial charge in [0, 0.05) is 32.1 Å². The summed E-state index contributed by atoms with van der Waals surface area (Å²) in [7, 11) is 0. The van der Waals surface area contributed by atoms with E-state index in [2.05, 4.69) is 0 Å². The van der Waals surface area contributed by atoms with Gasteiger partial charge in [-0.2, -0.15) is 0 Å². The van der Waals surface area contributed by atoms with E-state index < -0.39 is 0 Å². The van der Waals surface area contributed by atoms with Crippen molar-refractivity contribution in [3.05, 3.63) is 0 Å². The molecule has 0 aromatic carbocycles. The van der Waals surface area contributed by atoms with Crippen LogP contribution in [0.25, 0.3) is 0 Å². The van der Waals surface area contributed by atoms with Crippen LogP contribution in [0.3, 0.4) is 0 Å². The van der Waals surface area contributed by atoms with Crippen molar-refractivity contribution >= 4 is 11.8 Å². The van der Waals surface area contributed by atoms with Crippen molar-refractivity contribution in [2.45, 2.75) is 52.6 Å². The van der Waals surface area contributed by atoms with Gasteiger partial charge in [-0.25, -0.2) is 0 Å². The van der Waals surface area contributed by atoms with Crippen LogP contribution in [0.5, 0.6) is 0 Å². The molecule has 5 heteroatoms. The number of carbonyl (C=O) groups excluding carboxylic acids is 2. The molecule has 1 aliphatic heterocycles. The third-order valence-electron chi connectivity index (χ3n) is 4.86. The summed E-state index contributed by atoms with van der Waals surface area (Å²) in [5.74, 6) is 1.07. The highest BCUT2D eigenvalue weighted by molar-refractivity contribution is 5.82. The third-order valence-corrected chi connectivity index (χ3v) is 4.86. The van der Waals surface area contributed by atoms with Gasteiger partial charge in [-0.05, 0) is 52.4 Å². The number of hydrogen-bond acceptors (Lipinski definition) is 3. The fraction of sp³-hybridized carbons (Fsp3) is 0.882. The molecule has 1 aliphatic carbocycles. The van der Waals surface area contributed by atoms with Gasteiger partial charge >= 0.3 is 0 Å². The van der Waals surface area contributed by atoms with Crippen LogP contribution in [-0.2, 0) is 14.3 Å². The van der Waals surface area contributed by atoms with E-state index >= 15 is 0 Å². The molecular weight excluding hydrogens is 280 g/mol. The van der Waals surface area contributed by atoms with Crippen molar-refractivity contribution in [2.75, 3.05) is 32.8 Å².